The molecule has 0 saturated carbocycles. The molecule has 0 bridgehead atoms. The minimum absolute atomic E-state index is 0.579. The molecule has 1 aromatic carbocycles. The topological polar surface area (TPSA) is 29.9 Å². The molecule has 1 unspecified atom stereocenters. The van der Waals surface area contributed by atoms with E-state index in [1.807, 2.05) is 17.9 Å². The standard InChI is InChI=1S/C18H27N3/c1-4-19-18(11-9-17-13-20-21(3)14-17)10-8-16-7-5-6-15(2)12-16/h5-7,12-14,18-19H,4,8-11H2,1-3H3. The molecule has 1 aromatic heterocycles. The van der Waals surface area contributed by atoms with Crippen molar-refractivity contribution in [2.45, 2.75) is 45.6 Å². The van der Waals surface area contributed by atoms with Gasteiger partial charge in [0.25, 0.3) is 0 Å². The Morgan fingerprint density at radius 1 is 1.19 bits per heavy atom. The largest absolute Gasteiger partial charge is 0.314 e. The molecule has 0 aliphatic rings. The van der Waals surface area contributed by atoms with Crippen molar-refractivity contribution in [1.82, 2.24) is 15.1 Å². The average molecular weight is 285 g/mol. The predicted molar refractivity (Wildman–Crippen MR) is 88.5 cm³/mol. The molecule has 0 radical (unpaired) electrons. The maximum absolute atomic E-state index is 4.24. The minimum atomic E-state index is 0.579. The molecule has 1 atom stereocenters. The van der Waals surface area contributed by atoms with Gasteiger partial charge in [0.15, 0.2) is 0 Å². The first-order chi connectivity index (χ1) is 10.2. The lowest BCUT2D eigenvalue weighted by atomic mass is 9.99. The Morgan fingerprint density at radius 2 is 1.95 bits per heavy atom. The number of rotatable bonds is 8. The molecule has 0 aliphatic carbocycles. The zero-order valence-corrected chi connectivity index (χ0v) is 13.5. The summed E-state index contributed by atoms with van der Waals surface area (Å²) in [5.74, 6) is 0. The summed E-state index contributed by atoms with van der Waals surface area (Å²) < 4.78 is 1.88. The Bertz CT molecular complexity index is 545. The van der Waals surface area contributed by atoms with E-state index in [1.165, 1.54) is 29.5 Å². The van der Waals surface area contributed by atoms with Crippen molar-refractivity contribution in [3.63, 3.8) is 0 Å². The molecule has 21 heavy (non-hydrogen) atoms. The molecule has 1 heterocycles. The Morgan fingerprint density at radius 3 is 2.57 bits per heavy atom. The lowest BCUT2D eigenvalue weighted by Gasteiger charge is -2.17. The van der Waals surface area contributed by atoms with Gasteiger partial charge >= 0.3 is 0 Å². The second-order valence-electron chi connectivity index (χ2n) is 5.84. The number of nitrogens with zero attached hydrogens (tertiary/aromatic N) is 2. The highest BCUT2D eigenvalue weighted by atomic mass is 15.2. The summed E-state index contributed by atoms with van der Waals surface area (Å²) in [5.41, 5.74) is 4.12. The van der Waals surface area contributed by atoms with E-state index < -0.39 is 0 Å². The number of nitrogens with one attached hydrogen (secondary N) is 1. The van der Waals surface area contributed by atoms with Crippen LogP contribution < -0.4 is 5.32 Å². The number of hydrogen-bond donors (Lipinski definition) is 1. The predicted octanol–water partition coefficient (Wildman–Crippen LogP) is 3.27. The fourth-order valence-electron chi connectivity index (χ4n) is 2.79. The second-order valence-corrected chi connectivity index (χ2v) is 5.84. The molecular weight excluding hydrogens is 258 g/mol. The normalized spacial score (nSPS) is 12.5. The van der Waals surface area contributed by atoms with Crippen molar-refractivity contribution >= 4 is 0 Å². The first-order valence-corrected chi connectivity index (χ1v) is 7.94. The van der Waals surface area contributed by atoms with Gasteiger partial charge in [0.05, 0.1) is 6.20 Å². The summed E-state index contributed by atoms with van der Waals surface area (Å²) in [5, 5.41) is 7.86. The van der Waals surface area contributed by atoms with Crippen LogP contribution in [0.5, 0.6) is 0 Å². The van der Waals surface area contributed by atoms with Gasteiger partial charge in [-0.1, -0.05) is 36.8 Å². The van der Waals surface area contributed by atoms with Crippen LogP contribution in [0.2, 0.25) is 0 Å². The van der Waals surface area contributed by atoms with Gasteiger partial charge in [-0.05, 0) is 50.3 Å². The molecule has 1 N–H and O–H groups in total. The Kier molecular flexibility index (Phi) is 6.00. The maximum atomic E-state index is 4.24. The van der Waals surface area contributed by atoms with Crippen LogP contribution in [-0.4, -0.2) is 22.4 Å². The SMILES string of the molecule is CCNC(CCc1cccc(C)c1)CCc1cnn(C)c1. The van der Waals surface area contributed by atoms with Crippen LogP contribution in [0.4, 0.5) is 0 Å². The molecule has 114 valence electrons. The van der Waals surface area contributed by atoms with Gasteiger partial charge in [-0.2, -0.15) is 5.10 Å². The van der Waals surface area contributed by atoms with Gasteiger partial charge in [0.2, 0.25) is 0 Å². The number of aryl methyl sites for hydroxylation is 4. The van der Waals surface area contributed by atoms with Gasteiger partial charge in [0.1, 0.15) is 0 Å². The highest BCUT2D eigenvalue weighted by molar-refractivity contribution is 5.22. The molecular formula is C18H27N3. The average Bonchev–Trinajstić information content (AvgIpc) is 2.88. The van der Waals surface area contributed by atoms with E-state index in [0.29, 0.717) is 6.04 Å². The fourth-order valence-corrected chi connectivity index (χ4v) is 2.79. The first kappa shape index (κ1) is 15.8. The minimum Gasteiger partial charge on any atom is -0.314 e. The first-order valence-electron chi connectivity index (χ1n) is 7.94. The van der Waals surface area contributed by atoms with Crippen LogP contribution >= 0.6 is 0 Å². The van der Waals surface area contributed by atoms with Gasteiger partial charge in [-0.3, -0.25) is 4.68 Å². The van der Waals surface area contributed by atoms with E-state index in [-0.39, 0.29) is 0 Å². The highest BCUT2D eigenvalue weighted by Crippen LogP contribution is 2.12. The van der Waals surface area contributed by atoms with E-state index in [9.17, 15) is 0 Å². The van der Waals surface area contributed by atoms with Crippen molar-refractivity contribution in [2.75, 3.05) is 6.54 Å². The molecule has 0 saturated heterocycles. The van der Waals surface area contributed by atoms with Crippen LogP contribution in [0.15, 0.2) is 36.7 Å². The van der Waals surface area contributed by atoms with Crippen molar-refractivity contribution in [3.8, 4) is 0 Å². The van der Waals surface area contributed by atoms with Gasteiger partial charge in [-0.25, -0.2) is 0 Å². The number of benzene rings is 1. The third kappa shape index (κ3) is 5.35. The van der Waals surface area contributed by atoms with Crippen molar-refractivity contribution in [1.29, 1.82) is 0 Å². The molecule has 0 amide bonds. The third-order valence-electron chi connectivity index (χ3n) is 3.90. The van der Waals surface area contributed by atoms with Crippen LogP contribution in [0.1, 0.15) is 36.5 Å². The van der Waals surface area contributed by atoms with E-state index in [2.05, 4.69) is 54.7 Å². The third-order valence-corrected chi connectivity index (χ3v) is 3.90. The summed E-state index contributed by atoms with van der Waals surface area (Å²) in [6.45, 7) is 5.38. The number of aromatic nitrogens is 2. The molecule has 2 aromatic rings. The second kappa shape index (κ2) is 7.99. The smallest absolute Gasteiger partial charge is 0.0521 e. The Labute approximate surface area is 128 Å². The molecule has 0 spiro atoms. The molecule has 2 rings (SSSR count). The summed E-state index contributed by atoms with van der Waals surface area (Å²) in [7, 11) is 1.98. The maximum Gasteiger partial charge on any atom is 0.0521 e. The van der Waals surface area contributed by atoms with E-state index in [1.54, 1.807) is 0 Å². The zero-order chi connectivity index (χ0) is 15.1. The summed E-state index contributed by atoms with van der Waals surface area (Å²) >= 11 is 0. The fraction of sp³-hybridized carbons (Fsp3) is 0.500. The summed E-state index contributed by atoms with van der Waals surface area (Å²) in [6, 6.07) is 9.42. The van der Waals surface area contributed by atoms with Gasteiger partial charge in [0, 0.05) is 19.3 Å². The van der Waals surface area contributed by atoms with Gasteiger partial charge < -0.3 is 5.32 Å². The van der Waals surface area contributed by atoms with Crippen molar-refractivity contribution < 1.29 is 0 Å². The molecule has 3 nitrogen and oxygen atoms in total. The summed E-state index contributed by atoms with van der Waals surface area (Å²) in [6.07, 6.45) is 8.70. The Hall–Kier alpha value is -1.61. The molecule has 0 fully saturated rings. The van der Waals surface area contributed by atoms with E-state index in [4.69, 9.17) is 0 Å². The van der Waals surface area contributed by atoms with Crippen molar-refractivity contribution in [3.05, 3.63) is 53.3 Å². The van der Waals surface area contributed by atoms with Crippen LogP contribution in [0, 0.1) is 6.92 Å². The Balaban J connectivity index is 1.83. The van der Waals surface area contributed by atoms with Crippen LogP contribution in [0.3, 0.4) is 0 Å². The lowest BCUT2D eigenvalue weighted by molar-refractivity contribution is 0.464. The lowest BCUT2D eigenvalue weighted by Crippen LogP contribution is -2.29. The van der Waals surface area contributed by atoms with Gasteiger partial charge in [-0.15, -0.1) is 0 Å². The summed E-state index contributed by atoms with van der Waals surface area (Å²) in [4.78, 5) is 0. The molecule has 0 aliphatic heterocycles. The van der Waals surface area contributed by atoms with Crippen LogP contribution in [0.25, 0.3) is 0 Å². The monoisotopic (exact) mass is 285 g/mol. The highest BCUT2D eigenvalue weighted by Gasteiger charge is 2.09. The number of hydrogen-bond acceptors (Lipinski definition) is 2. The van der Waals surface area contributed by atoms with E-state index >= 15 is 0 Å². The van der Waals surface area contributed by atoms with E-state index in [0.717, 1.165) is 19.4 Å². The van der Waals surface area contributed by atoms with Crippen molar-refractivity contribution in [2.24, 2.45) is 7.05 Å². The molecule has 3 heteroatoms. The van der Waals surface area contributed by atoms with Crippen LogP contribution in [-0.2, 0) is 19.9 Å². The quantitative estimate of drug-likeness (QED) is 0.806. The zero-order valence-electron chi connectivity index (χ0n) is 13.5.